The summed E-state index contributed by atoms with van der Waals surface area (Å²) < 4.78 is 45.9. The van der Waals surface area contributed by atoms with Crippen molar-refractivity contribution in [2.24, 2.45) is 5.92 Å². The van der Waals surface area contributed by atoms with Gasteiger partial charge in [0.25, 0.3) is 0 Å². The van der Waals surface area contributed by atoms with Crippen molar-refractivity contribution in [1.29, 1.82) is 0 Å². The number of hydrogen-bond acceptors (Lipinski definition) is 16. The van der Waals surface area contributed by atoms with Gasteiger partial charge in [0.2, 0.25) is 17.7 Å². The number of benzene rings is 1. The van der Waals surface area contributed by atoms with Crippen LogP contribution in [0.1, 0.15) is 84.6 Å². The molecule has 1 aromatic carbocycles. The number of ketones is 1. The van der Waals surface area contributed by atoms with Crippen LogP contribution in [-0.2, 0) is 63.6 Å². The molecule has 2 saturated heterocycles. The van der Waals surface area contributed by atoms with Crippen molar-refractivity contribution in [2.75, 3.05) is 91.4 Å². The second kappa shape index (κ2) is 28.8. The van der Waals surface area contributed by atoms with Crippen LogP contribution in [0.25, 0.3) is 0 Å². The number of carbonyl (C=O) groups excluding carboxylic acids is 6. The maximum Gasteiger partial charge on any atom is 0.409 e. The van der Waals surface area contributed by atoms with Gasteiger partial charge in [0.1, 0.15) is 46.5 Å². The molecule has 4 amide bonds. The Hall–Kier alpha value is -4.28. The zero-order valence-corrected chi connectivity index (χ0v) is 44.3. The topological polar surface area (TPSA) is 230 Å². The van der Waals surface area contributed by atoms with Crippen LogP contribution in [0.15, 0.2) is 35.9 Å². The number of methoxy groups -OCH3 is 2. The summed E-state index contributed by atoms with van der Waals surface area (Å²) in [6, 6.07) is 2.48. The fourth-order valence-corrected chi connectivity index (χ4v) is 9.23. The van der Waals surface area contributed by atoms with Crippen LogP contribution in [0.5, 0.6) is 5.75 Å². The van der Waals surface area contributed by atoms with Crippen molar-refractivity contribution in [2.45, 2.75) is 127 Å². The molecule has 2 fully saturated rings. The van der Waals surface area contributed by atoms with Crippen LogP contribution >= 0.6 is 23.4 Å². The Balaban J connectivity index is 1.33. The molecule has 3 aliphatic rings. The number of amides is 4. The quantitative estimate of drug-likeness (QED) is 0.0668. The highest BCUT2D eigenvalue weighted by molar-refractivity contribution is 7.99. The summed E-state index contributed by atoms with van der Waals surface area (Å²) in [4.78, 5) is 81.2. The highest BCUT2D eigenvalue weighted by Crippen LogP contribution is 2.49. The molecule has 19 nitrogen and oxygen atoms in total. The van der Waals surface area contributed by atoms with Crippen molar-refractivity contribution in [3.8, 4) is 5.75 Å². The maximum absolute atomic E-state index is 14.3. The molecule has 8 atom stereocenters. The van der Waals surface area contributed by atoms with Gasteiger partial charge in [-0.15, -0.1) is 0 Å². The number of nitrogens with one attached hydrogen (secondary N) is 2. The lowest BCUT2D eigenvalue weighted by molar-refractivity contribution is -0.162. The minimum Gasteiger partial charge on any atom is -0.495 e. The van der Waals surface area contributed by atoms with Gasteiger partial charge in [-0.3, -0.25) is 24.5 Å². The number of allylic oxidation sites excluding steroid dienone is 3. The largest absolute Gasteiger partial charge is 0.495 e. The summed E-state index contributed by atoms with van der Waals surface area (Å²) in [5.74, 6) is -1.24. The van der Waals surface area contributed by atoms with E-state index in [4.69, 9.17) is 49.5 Å². The molecule has 4 bridgehead atoms. The van der Waals surface area contributed by atoms with Gasteiger partial charge in [-0.1, -0.05) is 42.3 Å². The molecule has 0 spiro atoms. The number of Topliss-reactive ketones (excluding diaryl/α,β-unsaturated/α-hetero) is 1. The number of likely N-dealkylation sites (N-methyl/N-ethyl adjacent to an activating group) is 1. The molecule has 71 heavy (non-hydrogen) atoms. The average molecular weight is 1040 g/mol. The first kappa shape index (κ1) is 59.3. The molecule has 0 aliphatic carbocycles. The van der Waals surface area contributed by atoms with Crippen molar-refractivity contribution in [3.63, 3.8) is 0 Å². The van der Waals surface area contributed by atoms with Gasteiger partial charge in [0.15, 0.2) is 5.72 Å². The minimum absolute atomic E-state index is 0.0696. The SMILES string of the molecule is COc1cc2cc(c1Cl)N(C)C(=O)C[C@H](OC(=O)[C@H](C)N(C)C(=O)CCCCC(=O)NCCOCCOCCOCCCC(=O)CSC)C1(C)O[C@H]1[C@H](C)C1C[C@@](O)(NC(=O)O1)[C@H](OC)/C=C/C=C(\C)C2. The lowest BCUT2D eigenvalue weighted by Crippen LogP contribution is -2.63. The van der Waals surface area contributed by atoms with E-state index in [1.807, 2.05) is 19.3 Å². The van der Waals surface area contributed by atoms with E-state index in [2.05, 4.69) is 10.6 Å². The third-order valence-electron chi connectivity index (χ3n) is 12.9. The van der Waals surface area contributed by atoms with Crippen LogP contribution in [0.2, 0.25) is 5.02 Å². The van der Waals surface area contributed by atoms with Crippen LogP contribution in [0, 0.1) is 5.92 Å². The van der Waals surface area contributed by atoms with Crippen molar-refractivity contribution >= 4 is 64.6 Å². The van der Waals surface area contributed by atoms with E-state index in [1.54, 1.807) is 45.2 Å². The normalized spacial score (nSPS) is 26.2. The molecular weight excluding hydrogens is 964 g/mol. The van der Waals surface area contributed by atoms with E-state index < -0.39 is 65.7 Å². The number of nitrogens with zero attached hydrogens (tertiary/aromatic N) is 2. The first-order chi connectivity index (χ1) is 33.8. The monoisotopic (exact) mass is 1040 g/mol. The van der Waals surface area contributed by atoms with Gasteiger partial charge in [0.05, 0.1) is 64.1 Å². The smallest absolute Gasteiger partial charge is 0.409 e. The number of carbonyl (C=O) groups is 6. The third kappa shape index (κ3) is 17.7. The molecule has 398 valence electrons. The van der Waals surface area contributed by atoms with Gasteiger partial charge in [-0.2, -0.15) is 11.8 Å². The second-order valence-electron chi connectivity index (χ2n) is 18.4. The third-order valence-corrected chi connectivity index (χ3v) is 13.9. The van der Waals surface area contributed by atoms with Crippen LogP contribution in [0.3, 0.4) is 0 Å². The average Bonchev–Trinajstić information content (AvgIpc) is 4.03. The van der Waals surface area contributed by atoms with E-state index in [-0.39, 0.29) is 48.3 Å². The van der Waals surface area contributed by atoms with Crippen LogP contribution < -0.4 is 20.3 Å². The number of alkyl carbamates (subject to hydrolysis) is 1. The molecule has 4 rings (SSSR count). The summed E-state index contributed by atoms with van der Waals surface area (Å²) in [5.41, 5.74) is -1.08. The summed E-state index contributed by atoms with van der Waals surface area (Å²) in [6.07, 6.45) is 4.81. The number of epoxide rings is 1. The Labute approximate surface area is 427 Å². The second-order valence-corrected chi connectivity index (χ2v) is 19.6. The molecule has 0 radical (unpaired) electrons. The van der Waals surface area contributed by atoms with Gasteiger partial charge in [-0.25, -0.2) is 9.59 Å². The summed E-state index contributed by atoms with van der Waals surface area (Å²) in [6.45, 7) is 9.66. The Kier molecular flexibility index (Phi) is 24.1. The Morgan fingerprint density at radius 2 is 1.70 bits per heavy atom. The Morgan fingerprint density at radius 1 is 1.03 bits per heavy atom. The predicted molar refractivity (Wildman–Crippen MR) is 268 cm³/mol. The van der Waals surface area contributed by atoms with E-state index in [9.17, 15) is 33.9 Å². The number of thioether (sulfide) groups is 1. The lowest BCUT2D eigenvalue weighted by atomic mass is 9.83. The number of fused-ring (bicyclic) bond motifs is 5. The molecule has 3 N–H and O–H groups in total. The number of esters is 1. The number of anilines is 1. The zero-order chi connectivity index (χ0) is 52.3. The maximum atomic E-state index is 14.3. The molecule has 3 heterocycles. The molecule has 2 unspecified atom stereocenters. The molecular formula is C50H75ClN4O15S. The highest BCUT2D eigenvalue weighted by atomic mass is 35.5. The van der Waals surface area contributed by atoms with Gasteiger partial charge >= 0.3 is 12.1 Å². The van der Waals surface area contributed by atoms with Gasteiger partial charge in [0, 0.05) is 66.0 Å². The van der Waals surface area contributed by atoms with E-state index in [0.717, 1.165) is 11.1 Å². The fourth-order valence-electron chi connectivity index (χ4n) is 8.45. The fraction of sp³-hybridized carbons (Fsp3) is 0.680. The standard InChI is InChI=1S/C50H75ClN4O15S/c1-32-14-12-16-40(64-8)50(62)30-39(68-48(61)53-50)33(2)46-49(4,70-46)41(29-44(59)55(6)37-27-35(26-32)28-38(63-7)45(37)51)69-47(60)34(3)54(5)43(58)18-11-10-17-42(57)52-19-21-66-23-25-67-24-22-65-20-13-15-36(56)31-71-9/h12,14,16,27-28,33-34,39-41,46,62H,10-11,13,15,17-26,29-31H2,1-9H3,(H,52,57)(H,53,61)/b16-12+,32-14+/t33-,34+,39?,40-,41+,46+,49?,50+/m1/s1. The number of hydrogen-bond donors (Lipinski definition) is 3. The Morgan fingerprint density at radius 3 is 2.38 bits per heavy atom. The molecule has 1 aromatic rings. The summed E-state index contributed by atoms with van der Waals surface area (Å²) in [7, 11) is 5.94. The molecule has 0 aromatic heterocycles. The number of halogens is 1. The summed E-state index contributed by atoms with van der Waals surface area (Å²) in [5, 5.41) is 17.3. The number of unbranched alkanes of at least 4 members (excludes halogenated alkanes) is 1. The van der Waals surface area contributed by atoms with Crippen molar-refractivity contribution in [1.82, 2.24) is 15.5 Å². The first-order valence-corrected chi connectivity index (χ1v) is 25.9. The molecule has 21 heteroatoms. The zero-order valence-electron chi connectivity index (χ0n) is 42.7. The Bertz CT molecular complexity index is 2040. The predicted octanol–water partition coefficient (Wildman–Crippen LogP) is 4.95. The molecule has 3 aliphatic heterocycles. The van der Waals surface area contributed by atoms with Crippen molar-refractivity contribution < 1.29 is 71.8 Å². The van der Waals surface area contributed by atoms with Crippen LogP contribution in [-0.4, -0.2) is 174 Å². The number of rotatable bonds is 25. The van der Waals surface area contributed by atoms with Crippen LogP contribution in [0.4, 0.5) is 10.5 Å². The lowest BCUT2D eigenvalue weighted by Gasteiger charge is -2.42. The minimum atomic E-state index is -1.86. The number of aliphatic hydroxyl groups is 1. The molecule has 0 saturated carbocycles. The van der Waals surface area contributed by atoms with Gasteiger partial charge < -0.3 is 58.1 Å². The van der Waals surface area contributed by atoms with E-state index in [1.165, 1.54) is 49.8 Å². The van der Waals surface area contributed by atoms with Gasteiger partial charge in [-0.05, 0) is 70.4 Å². The van der Waals surface area contributed by atoms with E-state index >= 15 is 0 Å². The highest BCUT2D eigenvalue weighted by Gasteiger charge is 2.64. The number of ether oxygens (including phenoxy) is 8. The summed E-state index contributed by atoms with van der Waals surface area (Å²) >= 11 is 8.32. The van der Waals surface area contributed by atoms with E-state index in [0.29, 0.717) is 95.5 Å². The van der Waals surface area contributed by atoms with Crippen molar-refractivity contribution in [3.05, 3.63) is 46.5 Å². The first-order valence-electron chi connectivity index (χ1n) is 24.1.